The van der Waals surface area contributed by atoms with E-state index < -0.39 is 0 Å². The van der Waals surface area contributed by atoms with E-state index in [-0.39, 0.29) is 11.9 Å². The number of nitrogens with zero attached hydrogens (tertiary/aromatic N) is 1. The Morgan fingerprint density at radius 2 is 1.89 bits per heavy atom. The van der Waals surface area contributed by atoms with Gasteiger partial charge in [-0.1, -0.05) is 43.2 Å². The molecule has 0 aliphatic heterocycles. The monoisotopic (exact) mass is 379 g/mol. The summed E-state index contributed by atoms with van der Waals surface area (Å²) < 4.78 is 0. The molecule has 4 rings (SSSR count). The quantitative estimate of drug-likeness (QED) is 0.671. The van der Waals surface area contributed by atoms with Gasteiger partial charge in [-0.15, -0.1) is 11.3 Å². The first-order valence-corrected chi connectivity index (χ1v) is 10.5. The van der Waals surface area contributed by atoms with E-state index in [4.69, 9.17) is 10.7 Å². The molecule has 1 unspecified atom stereocenters. The molecule has 1 aliphatic carbocycles. The first kappa shape index (κ1) is 18.0. The fourth-order valence-electron chi connectivity index (χ4n) is 3.77. The second-order valence-corrected chi connectivity index (χ2v) is 8.31. The van der Waals surface area contributed by atoms with Crippen molar-refractivity contribution < 1.29 is 4.79 Å². The van der Waals surface area contributed by atoms with Crippen molar-refractivity contribution in [2.75, 3.05) is 5.73 Å². The highest BCUT2D eigenvalue weighted by Gasteiger charge is 2.21. The second kappa shape index (κ2) is 7.69. The second-order valence-electron chi connectivity index (χ2n) is 7.31. The van der Waals surface area contributed by atoms with Gasteiger partial charge in [0.1, 0.15) is 9.71 Å². The Bertz CT molecular complexity index is 965. The van der Waals surface area contributed by atoms with Crippen molar-refractivity contribution in [2.45, 2.75) is 51.5 Å². The predicted octanol–water partition coefficient (Wildman–Crippen LogP) is 5.03. The number of amides is 1. The topological polar surface area (TPSA) is 68.0 Å². The van der Waals surface area contributed by atoms with Crippen LogP contribution in [0.25, 0.3) is 10.2 Å². The van der Waals surface area contributed by atoms with Crippen molar-refractivity contribution in [1.29, 1.82) is 0 Å². The van der Waals surface area contributed by atoms with E-state index in [1.54, 1.807) is 0 Å². The highest BCUT2D eigenvalue weighted by atomic mass is 32.1. The number of rotatable bonds is 3. The molecule has 0 saturated heterocycles. The summed E-state index contributed by atoms with van der Waals surface area (Å²) in [5.41, 5.74) is 10.5. The number of benzene rings is 1. The number of hydrogen-bond acceptors (Lipinski definition) is 4. The molecular weight excluding hydrogens is 354 g/mol. The van der Waals surface area contributed by atoms with Crippen LogP contribution in [0.4, 0.5) is 5.69 Å². The number of aromatic nitrogens is 1. The largest absolute Gasteiger partial charge is 0.397 e. The summed E-state index contributed by atoms with van der Waals surface area (Å²) in [4.78, 5) is 19.2. The maximum absolute atomic E-state index is 12.8. The number of nitrogen functional groups attached to an aromatic ring is 1. The molecule has 0 spiro atoms. The summed E-state index contributed by atoms with van der Waals surface area (Å²) in [6, 6.07) is 12.1. The van der Waals surface area contributed by atoms with Gasteiger partial charge in [-0.05, 0) is 49.8 Å². The molecule has 5 heteroatoms. The average molecular weight is 380 g/mol. The van der Waals surface area contributed by atoms with Gasteiger partial charge in [-0.3, -0.25) is 4.79 Å². The van der Waals surface area contributed by atoms with E-state index in [2.05, 4.69) is 11.4 Å². The molecule has 3 N–H and O–H groups in total. The third kappa shape index (κ3) is 3.69. The number of pyridine rings is 1. The van der Waals surface area contributed by atoms with Crippen LogP contribution in [0.3, 0.4) is 0 Å². The van der Waals surface area contributed by atoms with Crippen LogP contribution in [0.5, 0.6) is 0 Å². The Labute approximate surface area is 163 Å². The van der Waals surface area contributed by atoms with E-state index >= 15 is 0 Å². The molecule has 1 atom stereocenters. The Hall–Kier alpha value is -2.40. The standard InChI is InChI=1S/C22H25N3OS/c1-14(15-9-6-4-7-10-15)24-21(26)20-19(23)17-13-16-11-5-2-3-8-12-18(16)25-22(17)27-20/h4,6-7,9-10,13-14H,2-3,5,8,11-12,23H2,1H3,(H,24,26). The maximum Gasteiger partial charge on any atom is 0.264 e. The van der Waals surface area contributed by atoms with Crippen LogP contribution >= 0.6 is 11.3 Å². The Balaban J connectivity index is 1.63. The zero-order valence-electron chi connectivity index (χ0n) is 15.6. The van der Waals surface area contributed by atoms with Gasteiger partial charge in [0.25, 0.3) is 5.91 Å². The van der Waals surface area contributed by atoms with Crippen LogP contribution in [0.2, 0.25) is 0 Å². The van der Waals surface area contributed by atoms with Crippen molar-refractivity contribution in [3.05, 3.63) is 58.1 Å². The van der Waals surface area contributed by atoms with Crippen molar-refractivity contribution in [3.63, 3.8) is 0 Å². The minimum atomic E-state index is -0.126. The van der Waals surface area contributed by atoms with Crippen LogP contribution < -0.4 is 11.1 Å². The fraction of sp³-hybridized carbons (Fsp3) is 0.364. The first-order chi connectivity index (χ1) is 13.1. The smallest absolute Gasteiger partial charge is 0.264 e. The van der Waals surface area contributed by atoms with E-state index in [9.17, 15) is 4.79 Å². The number of aryl methyl sites for hydroxylation is 2. The molecule has 0 fully saturated rings. The van der Waals surface area contributed by atoms with E-state index in [1.807, 2.05) is 37.3 Å². The third-order valence-electron chi connectivity index (χ3n) is 5.35. The van der Waals surface area contributed by atoms with Gasteiger partial charge in [0.05, 0.1) is 11.7 Å². The SMILES string of the molecule is CC(NC(=O)c1sc2nc3c(cc2c1N)CCCCCC3)c1ccccc1. The number of thiophene rings is 1. The van der Waals surface area contributed by atoms with Crippen molar-refractivity contribution in [1.82, 2.24) is 10.3 Å². The summed E-state index contributed by atoms with van der Waals surface area (Å²) in [6.07, 6.45) is 7.02. The van der Waals surface area contributed by atoms with Gasteiger partial charge in [0.15, 0.2) is 0 Å². The molecule has 27 heavy (non-hydrogen) atoms. The zero-order valence-corrected chi connectivity index (χ0v) is 16.4. The molecule has 1 amide bonds. The van der Waals surface area contributed by atoms with Crippen LogP contribution in [-0.4, -0.2) is 10.9 Å². The molecule has 0 saturated carbocycles. The first-order valence-electron chi connectivity index (χ1n) is 9.70. The summed E-state index contributed by atoms with van der Waals surface area (Å²) in [5.74, 6) is -0.126. The van der Waals surface area contributed by atoms with E-state index in [0.717, 1.165) is 28.6 Å². The lowest BCUT2D eigenvalue weighted by Gasteiger charge is -2.13. The number of anilines is 1. The minimum absolute atomic E-state index is 0.0727. The third-order valence-corrected chi connectivity index (χ3v) is 6.47. The van der Waals surface area contributed by atoms with Crippen LogP contribution in [0, 0.1) is 0 Å². The molecule has 1 aliphatic rings. The lowest BCUT2D eigenvalue weighted by molar-refractivity contribution is 0.0945. The molecule has 0 radical (unpaired) electrons. The molecule has 140 valence electrons. The van der Waals surface area contributed by atoms with Gasteiger partial charge in [0.2, 0.25) is 0 Å². The maximum atomic E-state index is 12.8. The van der Waals surface area contributed by atoms with Gasteiger partial charge in [-0.25, -0.2) is 4.98 Å². The zero-order chi connectivity index (χ0) is 18.8. The number of fused-ring (bicyclic) bond motifs is 2. The van der Waals surface area contributed by atoms with Gasteiger partial charge in [-0.2, -0.15) is 0 Å². The van der Waals surface area contributed by atoms with E-state index in [0.29, 0.717) is 10.6 Å². The number of nitrogens with one attached hydrogen (secondary N) is 1. The Kier molecular flexibility index (Phi) is 5.12. The van der Waals surface area contributed by atoms with Crippen LogP contribution in [0.1, 0.15) is 65.1 Å². The number of carbonyl (C=O) groups excluding carboxylic acids is 1. The molecule has 2 heterocycles. The highest BCUT2D eigenvalue weighted by Crippen LogP contribution is 2.35. The lowest BCUT2D eigenvalue weighted by atomic mass is 9.96. The van der Waals surface area contributed by atoms with Crippen molar-refractivity contribution in [2.24, 2.45) is 0 Å². The number of hydrogen-bond donors (Lipinski definition) is 2. The lowest BCUT2D eigenvalue weighted by Crippen LogP contribution is -2.26. The van der Waals surface area contributed by atoms with E-state index in [1.165, 1.54) is 48.3 Å². The molecule has 3 aromatic rings. The molecule has 1 aromatic carbocycles. The Morgan fingerprint density at radius 1 is 1.15 bits per heavy atom. The van der Waals surface area contributed by atoms with Crippen molar-refractivity contribution in [3.8, 4) is 0 Å². The average Bonchev–Trinajstić information content (AvgIpc) is 2.98. The molecular formula is C22H25N3OS. The predicted molar refractivity (Wildman–Crippen MR) is 112 cm³/mol. The number of carbonyl (C=O) groups is 1. The summed E-state index contributed by atoms with van der Waals surface area (Å²) in [6.45, 7) is 1.99. The number of nitrogens with two attached hydrogens (primary N) is 1. The highest BCUT2D eigenvalue weighted by molar-refractivity contribution is 7.21. The molecule has 2 aromatic heterocycles. The summed E-state index contributed by atoms with van der Waals surface area (Å²) in [7, 11) is 0. The minimum Gasteiger partial charge on any atom is -0.397 e. The van der Waals surface area contributed by atoms with Crippen molar-refractivity contribution >= 4 is 33.1 Å². The van der Waals surface area contributed by atoms with Gasteiger partial charge >= 0.3 is 0 Å². The summed E-state index contributed by atoms with van der Waals surface area (Å²) in [5, 5.41) is 4.00. The van der Waals surface area contributed by atoms with Gasteiger partial charge in [0, 0.05) is 11.1 Å². The fourth-order valence-corrected chi connectivity index (χ4v) is 4.77. The summed E-state index contributed by atoms with van der Waals surface area (Å²) >= 11 is 1.41. The van der Waals surface area contributed by atoms with Crippen LogP contribution in [0.15, 0.2) is 36.4 Å². The van der Waals surface area contributed by atoms with Gasteiger partial charge < -0.3 is 11.1 Å². The molecule has 4 nitrogen and oxygen atoms in total. The normalized spacial score (nSPS) is 15.6. The molecule has 0 bridgehead atoms. The van der Waals surface area contributed by atoms with Crippen LogP contribution in [-0.2, 0) is 12.8 Å². The Morgan fingerprint density at radius 3 is 2.67 bits per heavy atom.